The van der Waals surface area contributed by atoms with Crippen molar-refractivity contribution in [3.63, 3.8) is 0 Å². The van der Waals surface area contributed by atoms with E-state index in [0.717, 1.165) is 6.42 Å². The number of ether oxygens (including phenoxy) is 1. The second kappa shape index (κ2) is 9.60. The number of hydrogen-bond donors (Lipinski definition) is 1. The topological polar surface area (TPSA) is 38.3 Å². The summed E-state index contributed by atoms with van der Waals surface area (Å²) in [5.41, 5.74) is -0.417. The molecule has 124 valence electrons. The van der Waals surface area contributed by atoms with Crippen molar-refractivity contribution in [2.24, 2.45) is 5.92 Å². The van der Waals surface area contributed by atoms with E-state index in [0.29, 0.717) is 5.92 Å². The molecule has 1 amide bonds. The maximum absolute atomic E-state index is 12.1. The van der Waals surface area contributed by atoms with Crippen molar-refractivity contribution in [1.29, 1.82) is 0 Å². The van der Waals surface area contributed by atoms with Crippen molar-refractivity contribution in [1.82, 2.24) is 5.32 Å². The van der Waals surface area contributed by atoms with Crippen LogP contribution in [0.5, 0.6) is 0 Å². The Bertz CT molecular complexity index is 296. The first kappa shape index (κ1) is 18.7. The fourth-order valence-corrected chi connectivity index (χ4v) is 3.63. The van der Waals surface area contributed by atoms with E-state index in [1.54, 1.807) is 0 Å². The van der Waals surface area contributed by atoms with Gasteiger partial charge in [0.05, 0.1) is 0 Å². The molecule has 0 saturated heterocycles. The van der Waals surface area contributed by atoms with E-state index in [1.165, 1.54) is 50.0 Å². The van der Waals surface area contributed by atoms with Crippen LogP contribution in [0.15, 0.2) is 0 Å². The van der Waals surface area contributed by atoms with E-state index in [2.05, 4.69) is 12.2 Å². The van der Waals surface area contributed by atoms with Gasteiger partial charge in [0.2, 0.25) is 0 Å². The molecule has 0 aromatic heterocycles. The predicted octanol–water partition coefficient (Wildman–Crippen LogP) is 4.99. The second-order valence-electron chi connectivity index (χ2n) is 6.99. The fraction of sp³-hybridized carbons (Fsp3) is 0.941. The smallest absolute Gasteiger partial charge is 0.407 e. The van der Waals surface area contributed by atoms with E-state index < -0.39 is 5.60 Å². The Morgan fingerprint density at radius 3 is 2.52 bits per heavy atom. The number of hydrogen-bond acceptors (Lipinski definition) is 3. The number of nitrogens with one attached hydrogen (secondary N) is 1. The van der Waals surface area contributed by atoms with E-state index in [-0.39, 0.29) is 12.1 Å². The van der Waals surface area contributed by atoms with Gasteiger partial charge in [0.15, 0.2) is 0 Å². The Balaban J connectivity index is 2.47. The summed E-state index contributed by atoms with van der Waals surface area (Å²) in [6, 6.07) is 0.289. The van der Waals surface area contributed by atoms with Crippen molar-refractivity contribution in [3.05, 3.63) is 0 Å². The number of amides is 1. The van der Waals surface area contributed by atoms with Gasteiger partial charge in [-0.1, -0.05) is 26.2 Å². The maximum Gasteiger partial charge on any atom is 0.407 e. The number of carbonyl (C=O) groups is 1. The molecule has 3 nitrogen and oxygen atoms in total. The number of alkyl carbamates (subject to hydrolysis) is 1. The maximum atomic E-state index is 12.1. The first-order chi connectivity index (χ1) is 9.92. The standard InChI is InChI=1S/C17H33NO2S/c1-5-21-13-9-12-15(14-10-7-6-8-11-14)18-16(19)20-17(2,3)4/h14-15H,5-13H2,1-4H3,(H,18,19). The summed E-state index contributed by atoms with van der Waals surface area (Å²) in [6.45, 7) is 7.95. The van der Waals surface area contributed by atoms with Gasteiger partial charge in [0.25, 0.3) is 0 Å². The van der Waals surface area contributed by atoms with Crippen LogP contribution in [0.2, 0.25) is 0 Å². The minimum absolute atomic E-state index is 0.249. The molecule has 1 fully saturated rings. The summed E-state index contributed by atoms with van der Waals surface area (Å²) in [4.78, 5) is 12.1. The van der Waals surface area contributed by atoms with Gasteiger partial charge in [-0.15, -0.1) is 0 Å². The van der Waals surface area contributed by atoms with Crippen LogP contribution in [0.4, 0.5) is 4.79 Å². The van der Waals surface area contributed by atoms with Crippen LogP contribution in [0.3, 0.4) is 0 Å². The molecule has 1 aliphatic rings. The Labute approximate surface area is 135 Å². The van der Waals surface area contributed by atoms with Crippen molar-refractivity contribution >= 4 is 17.9 Å². The second-order valence-corrected chi connectivity index (χ2v) is 8.38. The number of thioether (sulfide) groups is 1. The van der Waals surface area contributed by atoms with Crippen LogP contribution in [0, 0.1) is 5.92 Å². The van der Waals surface area contributed by atoms with Gasteiger partial charge in [0.1, 0.15) is 5.60 Å². The molecule has 0 bridgehead atoms. The lowest BCUT2D eigenvalue weighted by atomic mass is 9.82. The Hall–Kier alpha value is -0.380. The lowest BCUT2D eigenvalue weighted by molar-refractivity contribution is 0.0473. The lowest BCUT2D eigenvalue weighted by Crippen LogP contribution is -2.43. The Kier molecular flexibility index (Phi) is 8.53. The molecule has 1 aliphatic carbocycles. The number of carbonyl (C=O) groups excluding carboxylic acids is 1. The largest absolute Gasteiger partial charge is 0.444 e. The van der Waals surface area contributed by atoms with Gasteiger partial charge < -0.3 is 10.1 Å². The van der Waals surface area contributed by atoms with Crippen LogP contribution < -0.4 is 5.32 Å². The zero-order valence-electron chi connectivity index (χ0n) is 14.2. The Morgan fingerprint density at radius 2 is 1.95 bits per heavy atom. The fourth-order valence-electron chi connectivity index (χ4n) is 2.97. The van der Waals surface area contributed by atoms with Crippen LogP contribution in [0.1, 0.15) is 72.6 Å². The zero-order chi connectivity index (χ0) is 15.7. The van der Waals surface area contributed by atoms with Gasteiger partial charge in [-0.05, 0) is 63.9 Å². The molecule has 1 rings (SSSR count). The molecule has 0 aromatic rings. The molecule has 0 radical (unpaired) electrons. The summed E-state index contributed by atoms with van der Waals surface area (Å²) in [6.07, 6.45) is 8.47. The monoisotopic (exact) mass is 315 g/mol. The molecule has 0 aliphatic heterocycles. The third-order valence-electron chi connectivity index (χ3n) is 3.93. The summed E-state index contributed by atoms with van der Waals surface area (Å²) in [5.74, 6) is 3.00. The molecule has 1 atom stereocenters. The van der Waals surface area contributed by atoms with Crippen molar-refractivity contribution in [2.75, 3.05) is 11.5 Å². The molecule has 1 saturated carbocycles. The zero-order valence-corrected chi connectivity index (χ0v) is 15.1. The molecule has 0 aromatic carbocycles. The highest BCUT2D eigenvalue weighted by Crippen LogP contribution is 2.29. The normalized spacial score (nSPS) is 18.3. The Morgan fingerprint density at radius 1 is 1.29 bits per heavy atom. The minimum Gasteiger partial charge on any atom is -0.444 e. The van der Waals surface area contributed by atoms with E-state index in [4.69, 9.17) is 4.74 Å². The van der Waals surface area contributed by atoms with E-state index >= 15 is 0 Å². The summed E-state index contributed by atoms with van der Waals surface area (Å²) in [7, 11) is 0. The summed E-state index contributed by atoms with van der Waals surface area (Å²) in [5, 5.41) is 3.15. The highest BCUT2D eigenvalue weighted by Gasteiger charge is 2.26. The van der Waals surface area contributed by atoms with Crippen molar-refractivity contribution in [3.8, 4) is 0 Å². The average Bonchev–Trinajstić information content (AvgIpc) is 2.41. The van der Waals surface area contributed by atoms with Crippen LogP contribution in [-0.4, -0.2) is 29.2 Å². The first-order valence-electron chi connectivity index (χ1n) is 8.49. The number of rotatable bonds is 7. The first-order valence-corrected chi connectivity index (χ1v) is 9.65. The predicted molar refractivity (Wildman–Crippen MR) is 92.0 cm³/mol. The van der Waals surface area contributed by atoms with Crippen LogP contribution >= 0.6 is 11.8 Å². The lowest BCUT2D eigenvalue weighted by Gasteiger charge is -2.32. The average molecular weight is 316 g/mol. The molecular weight excluding hydrogens is 282 g/mol. The van der Waals surface area contributed by atoms with Gasteiger partial charge in [-0.25, -0.2) is 4.79 Å². The quantitative estimate of drug-likeness (QED) is 0.672. The van der Waals surface area contributed by atoms with Crippen molar-refractivity contribution in [2.45, 2.75) is 84.3 Å². The molecular formula is C17H33NO2S. The summed E-state index contributed by atoms with van der Waals surface area (Å²) >= 11 is 1.98. The summed E-state index contributed by atoms with van der Waals surface area (Å²) < 4.78 is 5.43. The van der Waals surface area contributed by atoms with Gasteiger partial charge in [-0.3, -0.25) is 0 Å². The third kappa shape index (κ3) is 8.60. The highest BCUT2D eigenvalue weighted by atomic mass is 32.2. The van der Waals surface area contributed by atoms with Gasteiger partial charge in [-0.2, -0.15) is 11.8 Å². The highest BCUT2D eigenvalue weighted by molar-refractivity contribution is 7.99. The molecule has 4 heteroatoms. The molecule has 0 spiro atoms. The molecule has 1 N–H and O–H groups in total. The molecule has 0 heterocycles. The van der Waals surface area contributed by atoms with E-state index in [9.17, 15) is 4.79 Å². The molecule has 21 heavy (non-hydrogen) atoms. The van der Waals surface area contributed by atoms with Gasteiger partial charge >= 0.3 is 6.09 Å². The van der Waals surface area contributed by atoms with Crippen LogP contribution in [-0.2, 0) is 4.74 Å². The van der Waals surface area contributed by atoms with E-state index in [1.807, 2.05) is 32.5 Å². The minimum atomic E-state index is -0.417. The van der Waals surface area contributed by atoms with Gasteiger partial charge in [0, 0.05) is 6.04 Å². The van der Waals surface area contributed by atoms with Crippen LogP contribution in [0.25, 0.3) is 0 Å². The third-order valence-corrected chi connectivity index (χ3v) is 4.91. The SMILES string of the molecule is CCSCCCC(NC(=O)OC(C)(C)C)C1CCCCC1. The van der Waals surface area contributed by atoms with Crippen molar-refractivity contribution < 1.29 is 9.53 Å². The molecule has 1 unspecified atom stereocenters.